The molecule has 1 amide bonds. The minimum Gasteiger partial charge on any atom is -0.477 e. The number of amides is 1. The molecule has 21 heavy (non-hydrogen) atoms. The van der Waals surface area contributed by atoms with Gasteiger partial charge in [0, 0.05) is 5.56 Å². The highest BCUT2D eigenvalue weighted by atomic mass is 32.1. The molecule has 1 aromatic carbocycles. The van der Waals surface area contributed by atoms with E-state index in [1.165, 1.54) is 0 Å². The Bertz CT molecular complexity index is 737. The first-order chi connectivity index (χ1) is 10.1. The normalized spacial score (nSPS) is 12.2. The Labute approximate surface area is 123 Å². The molecular formula is C14H11NO5S. The minimum atomic E-state index is -1.06. The van der Waals surface area contributed by atoms with Gasteiger partial charge in [0.05, 0.1) is 5.69 Å². The second-order valence-electron chi connectivity index (χ2n) is 4.45. The first-order valence-electron chi connectivity index (χ1n) is 6.08. The number of fused-ring (bicyclic) bond motifs is 1. The van der Waals surface area contributed by atoms with E-state index in [4.69, 9.17) is 14.6 Å². The monoisotopic (exact) mass is 305 g/mol. The van der Waals surface area contributed by atoms with Gasteiger partial charge in [-0.15, -0.1) is 11.3 Å². The summed E-state index contributed by atoms with van der Waals surface area (Å²) < 4.78 is 10.4. The molecule has 0 fully saturated rings. The van der Waals surface area contributed by atoms with E-state index in [-0.39, 0.29) is 11.7 Å². The van der Waals surface area contributed by atoms with Gasteiger partial charge < -0.3 is 19.9 Å². The lowest BCUT2D eigenvalue weighted by Crippen LogP contribution is -2.14. The van der Waals surface area contributed by atoms with E-state index in [1.54, 1.807) is 30.5 Å². The van der Waals surface area contributed by atoms with Crippen LogP contribution in [0.25, 0.3) is 0 Å². The predicted molar refractivity (Wildman–Crippen MR) is 76.5 cm³/mol. The van der Waals surface area contributed by atoms with Crippen LogP contribution in [0.3, 0.4) is 0 Å². The van der Waals surface area contributed by atoms with Gasteiger partial charge in [0.2, 0.25) is 6.79 Å². The average molecular weight is 305 g/mol. The van der Waals surface area contributed by atoms with Crippen molar-refractivity contribution in [1.82, 2.24) is 0 Å². The SMILES string of the molecule is Cc1csc(C(=O)O)c1NC(=O)c1ccc2c(c1)OCO2. The van der Waals surface area contributed by atoms with Gasteiger partial charge in [0.15, 0.2) is 11.5 Å². The number of hydrogen-bond acceptors (Lipinski definition) is 5. The van der Waals surface area contributed by atoms with Gasteiger partial charge >= 0.3 is 5.97 Å². The van der Waals surface area contributed by atoms with E-state index < -0.39 is 11.9 Å². The van der Waals surface area contributed by atoms with Gasteiger partial charge in [-0.05, 0) is 36.1 Å². The average Bonchev–Trinajstić information content (AvgIpc) is 3.05. The van der Waals surface area contributed by atoms with Crippen LogP contribution >= 0.6 is 11.3 Å². The fourth-order valence-electron chi connectivity index (χ4n) is 1.98. The van der Waals surface area contributed by atoms with Crippen molar-refractivity contribution in [3.63, 3.8) is 0 Å². The summed E-state index contributed by atoms with van der Waals surface area (Å²) in [6, 6.07) is 4.82. The molecule has 2 N–H and O–H groups in total. The molecule has 0 saturated carbocycles. The summed E-state index contributed by atoms with van der Waals surface area (Å²) in [6.07, 6.45) is 0. The zero-order valence-corrected chi connectivity index (χ0v) is 11.8. The van der Waals surface area contributed by atoms with Crippen LogP contribution in [0.15, 0.2) is 23.6 Å². The minimum absolute atomic E-state index is 0.113. The molecule has 3 rings (SSSR count). The predicted octanol–water partition coefficient (Wildman–Crippen LogP) is 2.74. The van der Waals surface area contributed by atoms with E-state index in [0.29, 0.717) is 28.3 Å². The summed E-state index contributed by atoms with van der Waals surface area (Å²) in [6.45, 7) is 1.88. The smallest absolute Gasteiger partial charge is 0.348 e. The van der Waals surface area contributed by atoms with Gasteiger partial charge in [-0.1, -0.05) is 0 Å². The van der Waals surface area contributed by atoms with E-state index in [9.17, 15) is 9.59 Å². The molecule has 0 saturated heterocycles. The summed E-state index contributed by atoms with van der Waals surface area (Å²) in [5, 5.41) is 13.4. The zero-order chi connectivity index (χ0) is 15.0. The van der Waals surface area contributed by atoms with Crippen LogP contribution in [0.5, 0.6) is 11.5 Å². The Morgan fingerprint density at radius 1 is 1.29 bits per heavy atom. The van der Waals surface area contributed by atoms with Crippen molar-refractivity contribution in [1.29, 1.82) is 0 Å². The number of ether oxygens (including phenoxy) is 2. The Kier molecular flexibility index (Phi) is 3.26. The fourth-order valence-corrected chi connectivity index (χ4v) is 2.82. The second kappa shape index (κ2) is 5.10. The molecule has 0 unspecified atom stereocenters. The van der Waals surface area contributed by atoms with Crippen LogP contribution in [0.2, 0.25) is 0 Å². The Hall–Kier alpha value is -2.54. The van der Waals surface area contributed by atoms with Gasteiger partial charge in [-0.2, -0.15) is 0 Å². The third-order valence-electron chi connectivity index (χ3n) is 3.04. The van der Waals surface area contributed by atoms with Crippen LogP contribution in [-0.2, 0) is 0 Å². The number of benzene rings is 1. The summed E-state index contributed by atoms with van der Waals surface area (Å²) >= 11 is 1.08. The summed E-state index contributed by atoms with van der Waals surface area (Å²) in [4.78, 5) is 23.5. The third kappa shape index (κ3) is 2.43. The number of thiophene rings is 1. The van der Waals surface area contributed by atoms with E-state index in [2.05, 4.69) is 5.32 Å². The molecular weight excluding hydrogens is 294 g/mol. The Balaban J connectivity index is 1.87. The van der Waals surface area contributed by atoms with Crippen molar-refractivity contribution in [2.24, 2.45) is 0 Å². The molecule has 0 bridgehead atoms. The lowest BCUT2D eigenvalue weighted by atomic mass is 10.1. The lowest BCUT2D eigenvalue weighted by molar-refractivity contribution is 0.0703. The number of nitrogens with one attached hydrogen (secondary N) is 1. The van der Waals surface area contributed by atoms with Crippen LogP contribution in [-0.4, -0.2) is 23.8 Å². The molecule has 108 valence electrons. The van der Waals surface area contributed by atoms with Gasteiger partial charge in [0.1, 0.15) is 4.88 Å². The van der Waals surface area contributed by atoms with Crippen LogP contribution in [0, 0.1) is 6.92 Å². The van der Waals surface area contributed by atoms with Crippen molar-refractivity contribution >= 4 is 28.9 Å². The highest BCUT2D eigenvalue weighted by Crippen LogP contribution is 2.33. The number of rotatable bonds is 3. The van der Waals surface area contributed by atoms with Gasteiger partial charge in [-0.25, -0.2) is 4.79 Å². The van der Waals surface area contributed by atoms with Crippen molar-refractivity contribution in [2.75, 3.05) is 12.1 Å². The van der Waals surface area contributed by atoms with Crippen molar-refractivity contribution in [2.45, 2.75) is 6.92 Å². The van der Waals surface area contributed by atoms with Crippen molar-refractivity contribution in [3.8, 4) is 11.5 Å². The zero-order valence-electron chi connectivity index (χ0n) is 11.0. The molecule has 2 heterocycles. The number of carboxylic acids is 1. The molecule has 1 aromatic heterocycles. The molecule has 2 aromatic rings. The molecule has 1 aliphatic heterocycles. The molecule has 0 radical (unpaired) electrons. The number of anilines is 1. The number of carbonyl (C=O) groups excluding carboxylic acids is 1. The maximum Gasteiger partial charge on any atom is 0.348 e. The van der Waals surface area contributed by atoms with Crippen LogP contribution < -0.4 is 14.8 Å². The number of hydrogen-bond donors (Lipinski definition) is 2. The highest BCUT2D eigenvalue weighted by Gasteiger charge is 2.20. The summed E-state index contributed by atoms with van der Waals surface area (Å²) in [5.41, 5.74) is 1.42. The number of carbonyl (C=O) groups is 2. The molecule has 0 spiro atoms. The van der Waals surface area contributed by atoms with Crippen molar-refractivity contribution < 1.29 is 24.2 Å². The quantitative estimate of drug-likeness (QED) is 0.910. The molecule has 0 aliphatic carbocycles. The fraction of sp³-hybridized carbons (Fsp3) is 0.143. The molecule has 6 nitrogen and oxygen atoms in total. The first kappa shape index (κ1) is 13.4. The Morgan fingerprint density at radius 3 is 2.81 bits per heavy atom. The van der Waals surface area contributed by atoms with E-state index >= 15 is 0 Å². The first-order valence-corrected chi connectivity index (χ1v) is 6.96. The topological polar surface area (TPSA) is 84.9 Å². The largest absolute Gasteiger partial charge is 0.477 e. The standard InChI is InChI=1S/C14H11NO5S/c1-7-5-21-12(14(17)18)11(7)15-13(16)8-2-3-9-10(4-8)20-6-19-9/h2-5H,6H2,1H3,(H,15,16)(H,17,18). The maximum absolute atomic E-state index is 12.2. The molecule has 7 heteroatoms. The maximum atomic E-state index is 12.2. The van der Waals surface area contributed by atoms with Crippen molar-refractivity contribution in [3.05, 3.63) is 39.6 Å². The van der Waals surface area contributed by atoms with Gasteiger partial charge in [0.25, 0.3) is 5.91 Å². The summed E-state index contributed by atoms with van der Waals surface area (Å²) in [5.74, 6) is -0.362. The lowest BCUT2D eigenvalue weighted by Gasteiger charge is -2.07. The highest BCUT2D eigenvalue weighted by molar-refractivity contribution is 7.12. The molecule has 1 aliphatic rings. The van der Waals surface area contributed by atoms with Crippen LogP contribution in [0.1, 0.15) is 25.6 Å². The Morgan fingerprint density at radius 2 is 2.05 bits per heavy atom. The number of aromatic carboxylic acids is 1. The summed E-state index contributed by atoms with van der Waals surface area (Å²) in [7, 11) is 0. The number of carboxylic acid groups (broad SMARTS) is 1. The van der Waals surface area contributed by atoms with E-state index in [1.807, 2.05) is 0 Å². The van der Waals surface area contributed by atoms with Gasteiger partial charge in [-0.3, -0.25) is 4.79 Å². The van der Waals surface area contributed by atoms with Crippen LogP contribution in [0.4, 0.5) is 5.69 Å². The number of aryl methyl sites for hydroxylation is 1. The second-order valence-corrected chi connectivity index (χ2v) is 5.33. The third-order valence-corrected chi connectivity index (χ3v) is 4.13. The molecule has 0 atom stereocenters. The van der Waals surface area contributed by atoms with E-state index in [0.717, 1.165) is 11.3 Å².